The number of Topliss-reactive ketones (excluding diaryl/α,β-unsaturated/α-hetero) is 1. The summed E-state index contributed by atoms with van der Waals surface area (Å²) in [7, 11) is 0. The molecule has 0 aliphatic carbocycles. The molecule has 1 saturated heterocycles. The molecular formula is C57H104N10O12. The van der Waals surface area contributed by atoms with Crippen molar-refractivity contribution in [1.82, 2.24) is 52.8 Å². The maximum atomic E-state index is 14.2. The van der Waals surface area contributed by atoms with Gasteiger partial charge in [0.05, 0.1) is 12.7 Å². The fourth-order valence-corrected chi connectivity index (χ4v) is 9.15. The number of hydrogen-bond donors (Lipinski definition) is 11. The van der Waals surface area contributed by atoms with Gasteiger partial charge in [0.25, 0.3) is 0 Å². The molecule has 9 amide bonds. The van der Waals surface area contributed by atoms with Crippen molar-refractivity contribution in [3.05, 3.63) is 0 Å². The number of unbranched alkanes of at least 4 members (excludes halogenated alkanes) is 3. The van der Waals surface area contributed by atoms with E-state index in [-0.39, 0.29) is 61.9 Å². The molecule has 22 heteroatoms. The summed E-state index contributed by atoms with van der Waals surface area (Å²) in [6.07, 6.45) is 6.01. The maximum absolute atomic E-state index is 14.2. The summed E-state index contributed by atoms with van der Waals surface area (Å²) in [5.41, 5.74) is -4.64. The molecule has 11 atom stereocenters. The number of aliphatic hydroxyl groups is 2. The van der Waals surface area contributed by atoms with Crippen molar-refractivity contribution < 1.29 is 58.2 Å². The van der Waals surface area contributed by atoms with Crippen molar-refractivity contribution in [3.8, 4) is 0 Å². The van der Waals surface area contributed by atoms with Crippen LogP contribution in [-0.4, -0.2) is 159 Å². The average Bonchev–Trinajstić information content (AvgIpc) is 3.87. The van der Waals surface area contributed by atoms with E-state index < -0.39 is 112 Å². The SMILES string of the molecule is CCCCCC[C@@H](C)C(=O)N1CCC[C@@H]1C(=O)N[C@@H](C[C@H](C)C[C@H](O)CC(=O)CC)C(=O)N[C@@H](C)C(=O)NC(C)(C)C(=O)N[C@H](C(=O)N[C@H](C(=O)NC(C)(C)C(=O)NC(C)(C)C(=O)N[C@H](C)CNCCO)[C@@H](C)CC)[C@@H](C)CC. The van der Waals surface area contributed by atoms with Gasteiger partial charge in [-0.15, -0.1) is 0 Å². The number of likely N-dealkylation sites (tertiary alicyclic amines) is 1. The highest BCUT2D eigenvalue weighted by atomic mass is 16.3. The molecule has 1 rings (SSSR count). The van der Waals surface area contributed by atoms with Crippen LogP contribution in [0.5, 0.6) is 0 Å². The molecule has 1 fully saturated rings. The van der Waals surface area contributed by atoms with Gasteiger partial charge >= 0.3 is 0 Å². The highest BCUT2D eigenvalue weighted by molar-refractivity contribution is 6.00. The summed E-state index contributed by atoms with van der Waals surface area (Å²) in [6.45, 7) is 27.6. The lowest BCUT2D eigenvalue weighted by Crippen LogP contribution is -2.66. The van der Waals surface area contributed by atoms with E-state index in [0.29, 0.717) is 51.7 Å². The van der Waals surface area contributed by atoms with Crippen LogP contribution < -0.4 is 47.9 Å². The molecule has 1 heterocycles. The Balaban J connectivity index is 3.27. The number of rotatable bonds is 37. The standard InChI is InChI=1S/C57H104N10O12/c1-17-21-22-23-25-37(8)51(76)67-28-24-26-43(67)48(73)61-42(31-34(5)30-41(70)32-40(69)20-4)47(72)60-39(10)46(71)64-55(11,12)53(78)63-44(35(6)18-2)49(74)62-45(36(7)19-3)50(75)65-57(15,16)54(79)66-56(13,14)52(77)59-38(9)33-58-27-29-68/h34-39,41-45,58,68,70H,17-33H2,1-16H3,(H,59,77)(H,60,72)(H,61,73)(H,62,74)(H,63,78)(H,64,71)(H,65,75)(H,66,79)/t34-,35+,36+,37-,38-,39+,41+,42+,43-,44+,45+/m1/s1. The van der Waals surface area contributed by atoms with Crippen LogP contribution in [0.25, 0.3) is 0 Å². The minimum Gasteiger partial charge on any atom is -0.395 e. The van der Waals surface area contributed by atoms with E-state index in [1.54, 1.807) is 39.5 Å². The summed E-state index contributed by atoms with van der Waals surface area (Å²) >= 11 is 0. The predicted octanol–water partition coefficient (Wildman–Crippen LogP) is 2.55. The number of carbonyl (C=O) groups excluding carboxylic acids is 10. The smallest absolute Gasteiger partial charge is 0.246 e. The monoisotopic (exact) mass is 1120 g/mol. The van der Waals surface area contributed by atoms with E-state index in [2.05, 4.69) is 54.8 Å². The first-order valence-corrected chi connectivity index (χ1v) is 29.0. The van der Waals surface area contributed by atoms with Gasteiger partial charge in [-0.05, 0) is 105 Å². The van der Waals surface area contributed by atoms with Gasteiger partial charge in [0.2, 0.25) is 53.2 Å². The minimum absolute atomic E-state index is 0.0296. The fourth-order valence-electron chi connectivity index (χ4n) is 9.15. The Kier molecular flexibility index (Phi) is 31.0. The Labute approximate surface area is 471 Å². The Morgan fingerprint density at radius 3 is 1.75 bits per heavy atom. The molecule has 0 aromatic carbocycles. The van der Waals surface area contributed by atoms with Gasteiger partial charge in [0.15, 0.2) is 0 Å². The van der Waals surface area contributed by atoms with Crippen LogP contribution in [0, 0.1) is 23.7 Å². The van der Waals surface area contributed by atoms with Crippen molar-refractivity contribution in [1.29, 1.82) is 0 Å². The molecule has 0 radical (unpaired) electrons. The summed E-state index contributed by atoms with van der Waals surface area (Å²) in [5.74, 6) is -7.12. The molecule has 1 aliphatic heterocycles. The van der Waals surface area contributed by atoms with Crippen LogP contribution in [-0.2, 0) is 47.9 Å². The van der Waals surface area contributed by atoms with Crippen molar-refractivity contribution >= 4 is 58.9 Å². The van der Waals surface area contributed by atoms with E-state index >= 15 is 0 Å². The Bertz CT molecular complexity index is 2030. The lowest BCUT2D eigenvalue weighted by atomic mass is 9.92. The topological polar surface area (TPSA) is 323 Å². The first kappa shape index (κ1) is 71.8. The second kappa shape index (κ2) is 34.2. The molecule has 1 aliphatic rings. The molecule has 0 unspecified atom stereocenters. The van der Waals surface area contributed by atoms with Crippen molar-refractivity contribution in [2.45, 2.75) is 253 Å². The van der Waals surface area contributed by atoms with Crippen LogP contribution >= 0.6 is 0 Å². The third-order valence-electron chi connectivity index (χ3n) is 15.0. The number of ketones is 1. The molecule has 0 saturated carbocycles. The number of nitrogens with zero attached hydrogens (tertiary/aromatic N) is 1. The zero-order valence-electron chi connectivity index (χ0n) is 50.8. The summed E-state index contributed by atoms with van der Waals surface area (Å²) < 4.78 is 0. The fraction of sp³-hybridized carbons (Fsp3) is 0.825. The lowest BCUT2D eigenvalue weighted by molar-refractivity contribution is -0.142. The second-order valence-electron chi connectivity index (χ2n) is 23.9. The molecule has 11 N–H and O–H groups in total. The van der Waals surface area contributed by atoms with Gasteiger partial charge in [-0.1, -0.05) is 93.9 Å². The summed E-state index contributed by atoms with van der Waals surface area (Å²) in [4.78, 5) is 138. The maximum Gasteiger partial charge on any atom is 0.246 e. The normalized spacial score (nSPS) is 17.7. The van der Waals surface area contributed by atoms with Gasteiger partial charge in [0.1, 0.15) is 52.6 Å². The largest absolute Gasteiger partial charge is 0.395 e. The van der Waals surface area contributed by atoms with E-state index in [9.17, 15) is 53.1 Å². The highest BCUT2D eigenvalue weighted by Crippen LogP contribution is 2.24. The Morgan fingerprint density at radius 2 is 1.18 bits per heavy atom. The van der Waals surface area contributed by atoms with Gasteiger partial charge in [-0.25, -0.2) is 0 Å². The molecule has 454 valence electrons. The third kappa shape index (κ3) is 24.2. The van der Waals surface area contributed by atoms with Crippen LogP contribution in [0.2, 0.25) is 0 Å². The number of amides is 9. The molecular weight excluding hydrogens is 1020 g/mol. The van der Waals surface area contributed by atoms with E-state index in [4.69, 9.17) is 5.11 Å². The van der Waals surface area contributed by atoms with E-state index in [1.165, 1.54) is 48.5 Å². The Hall–Kier alpha value is -5.22. The van der Waals surface area contributed by atoms with Gasteiger partial charge in [-0.3, -0.25) is 47.9 Å². The average molecular weight is 1120 g/mol. The zero-order valence-corrected chi connectivity index (χ0v) is 50.8. The van der Waals surface area contributed by atoms with Crippen molar-refractivity contribution in [2.24, 2.45) is 23.7 Å². The van der Waals surface area contributed by atoms with Crippen molar-refractivity contribution in [3.63, 3.8) is 0 Å². The summed E-state index contributed by atoms with van der Waals surface area (Å²) in [5, 5.41) is 44.7. The number of nitrogens with one attached hydrogen (secondary N) is 9. The number of hydrogen-bond acceptors (Lipinski definition) is 13. The zero-order chi connectivity index (χ0) is 60.6. The minimum atomic E-state index is -1.67. The van der Waals surface area contributed by atoms with Gasteiger partial charge in [0, 0.05) is 44.4 Å². The Morgan fingerprint density at radius 1 is 0.620 bits per heavy atom. The van der Waals surface area contributed by atoms with Crippen LogP contribution in [0.3, 0.4) is 0 Å². The first-order chi connectivity index (χ1) is 36.7. The highest BCUT2D eigenvalue weighted by Gasteiger charge is 2.42. The second-order valence-corrected chi connectivity index (χ2v) is 23.9. The molecule has 0 bridgehead atoms. The molecule has 0 aromatic heterocycles. The predicted molar refractivity (Wildman–Crippen MR) is 304 cm³/mol. The molecule has 0 aromatic rings. The molecule has 0 spiro atoms. The van der Waals surface area contributed by atoms with Gasteiger partial charge < -0.3 is 63.0 Å². The van der Waals surface area contributed by atoms with Crippen LogP contribution in [0.15, 0.2) is 0 Å². The third-order valence-corrected chi connectivity index (χ3v) is 15.0. The molecule has 22 nitrogen and oxygen atoms in total. The van der Waals surface area contributed by atoms with Gasteiger partial charge in [-0.2, -0.15) is 0 Å². The quantitative estimate of drug-likeness (QED) is 0.0399. The lowest BCUT2D eigenvalue weighted by Gasteiger charge is -2.35. The number of aliphatic hydroxyl groups excluding tert-OH is 2. The van der Waals surface area contributed by atoms with Crippen molar-refractivity contribution in [2.75, 3.05) is 26.2 Å². The number of carbonyl (C=O) groups is 10. The van der Waals surface area contributed by atoms with E-state index in [0.717, 1.165) is 25.7 Å². The molecule has 79 heavy (non-hydrogen) atoms. The first-order valence-electron chi connectivity index (χ1n) is 29.0. The summed E-state index contributed by atoms with van der Waals surface area (Å²) in [6, 6.07) is -5.98. The van der Waals surface area contributed by atoms with E-state index in [1.807, 2.05) is 20.8 Å². The van der Waals surface area contributed by atoms with Crippen LogP contribution in [0.1, 0.15) is 194 Å². The van der Waals surface area contributed by atoms with Crippen LogP contribution in [0.4, 0.5) is 0 Å².